The van der Waals surface area contributed by atoms with Gasteiger partial charge in [0, 0.05) is 16.4 Å². The van der Waals surface area contributed by atoms with Gasteiger partial charge in [0.2, 0.25) is 0 Å². The fourth-order valence-electron chi connectivity index (χ4n) is 3.59. The fraction of sp³-hybridized carbons (Fsp3) is 0.882. The molecule has 0 heterocycles. The molecule has 0 spiro atoms. The van der Waals surface area contributed by atoms with Gasteiger partial charge in [-0.05, 0) is 26.7 Å². The third kappa shape index (κ3) is 4.31. The number of carboxylic acid groups (broad SMARTS) is 1. The molecule has 0 unspecified atom stereocenters. The topological polar surface area (TPSA) is 102 Å². The van der Waals surface area contributed by atoms with Crippen molar-refractivity contribution < 1.29 is 19.4 Å². The molecule has 1 fully saturated rings. The van der Waals surface area contributed by atoms with Crippen molar-refractivity contribution in [2.24, 2.45) is 16.6 Å². The van der Waals surface area contributed by atoms with E-state index in [1.165, 1.54) is 0 Å². The minimum absolute atomic E-state index is 0.262. The van der Waals surface area contributed by atoms with Crippen LogP contribution in [0, 0.1) is 10.8 Å². The average Bonchev–Trinajstić information content (AvgIpc) is 2.54. The Balaban J connectivity index is 3.20. The Kier molecular flexibility index (Phi) is 5.66. The fourth-order valence-corrected chi connectivity index (χ4v) is 3.59. The molecule has 0 bridgehead atoms. The number of rotatable bonds is 8. The van der Waals surface area contributed by atoms with Gasteiger partial charge in [0.1, 0.15) is 12.0 Å². The summed E-state index contributed by atoms with van der Waals surface area (Å²) in [7, 11) is 0. The van der Waals surface area contributed by atoms with Crippen LogP contribution in [0.5, 0.6) is 0 Å². The van der Waals surface area contributed by atoms with Crippen LogP contribution in [-0.4, -0.2) is 41.3 Å². The first-order valence-corrected chi connectivity index (χ1v) is 8.14. The zero-order valence-corrected chi connectivity index (χ0v) is 15.2. The summed E-state index contributed by atoms with van der Waals surface area (Å²) < 4.78 is 6.31. The maximum atomic E-state index is 11.4. The van der Waals surface area contributed by atoms with Gasteiger partial charge in [-0.25, -0.2) is 0 Å². The van der Waals surface area contributed by atoms with Gasteiger partial charge in [-0.1, -0.05) is 27.7 Å². The first kappa shape index (κ1) is 20.1. The second-order valence-corrected chi connectivity index (χ2v) is 8.71. The van der Waals surface area contributed by atoms with E-state index in [2.05, 4.69) is 33.0 Å². The number of carbonyl (C=O) groups is 2. The highest BCUT2D eigenvalue weighted by atomic mass is 16.5. The van der Waals surface area contributed by atoms with E-state index in [0.29, 0.717) is 12.9 Å². The summed E-state index contributed by atoms with van der Waals surface area (Å²) in [6.07, 6.45) is 2.21. The van der Waals surface area contributed by atoms with Crippen LogP contribution in [0.2, 0.25) is 0 Å². The Morgan fingerprint density at radius 2 is 1.78 bits per heavy atom. The van der Waals surface area contributed by atoms with Gasteiger partial charge in [-0.15, -0.1) is 0 Å². The molecule has 1 aliphatic carbocycles. The predicted molar refractivity (Wildman–Crippen MR) is 89.0 cm³/mol. The number of nitrogens with two attached hydrogens (primary N) is 1. The summed E-state index contributed by atoms with van der Waals surface area (Å²) in [6, 6.07) is -0.801. The lowest BCUT2D eigenvalue weighted by atomic mass is 9.73. The number of carbonyl (C=O) groups excluding carboxylic acids is 1. The van der Waals surface area contributed by atoms with Crippen molar-refractivity contribution in [3.8, 4) is 0 Å². The molecular formula is C17H32N2O4. The molecule has 6 heteroatoms. The zero-order valence-electron chi connectivity index (χ0n) is 15.2. The minimum atomic E-state index is -1.02. The molecule has 4 N–H and O–H groups in total. The normalized spacial score (nSPS) is 23.4. The summed E-state index contributed by atoms with van der Waals surface area (Å²) in [4.78, 5) is 22.4. The lowest BCUT2D eigenvalue weighted by Gasteiger charge is -2.51. The molecule has 1 saturated carbocycles. The zero-order chi connectivity index (χ0) is 18.1. The smallest absolute Gasteiger partial charge is 0.305 e. The molecule has 6 nitrogen and oxygen atoms in total. The van der Waals surface area contributed by atoms with Crippen LogP contribution < -0.4 is 11.1 Å². The van der Waals surface area contributed by atoms with Crippen molar-refractivity contribution in [2.75, 3.05) is 6.61 Å². The molecule has 1 rings (SSSR count). The van der Waals surface area contributed by atoms with Crippen molar-refractivity contribution in [3.05, 3.63) is 0 Å². The second-order valence-electron chi connectivity index (χ2n) is 8.71. The first-order chi connectivity index (χ1) is 10.3. The molecule has 0 aromatic rings. The molecule has 23 heavy (non-hydrogen) atoms. The van der Waals surface area contributed by atoms with Crippen LogP contribution in [-0.2, 0) is 14.3 Å². The van der Waals surface area contributed by atoms with E-state index in [-0.39, 0.29) is 17.3 Å². The molecule has 0 radical (unpaired) electrons. The van der Waals surface area contributed by atoms with E-state index in [1.54, 1.807) is 0 Å². The highest BCUT2D eigenvalue weighted by Crippen LogP contribution is 2.57. The van der Waals surface area contributed by atoms with Crippen molar-refractivity contribution in [2.45, 2.75) is 78.1 Å². The number of nitrogens with one attached hydrogen (secondary N) is 1. The van der Waals surface area contributed by atoms with Gasteiger partial charge in [0.15, 0.2) is 0 Å². The summed E-state index contributed by atoms with van der Waals surface area (Å²) in [5.41, 5.74) is 4.21. The van der Waals surface area contributed by atoms with Crippen molar-refractivity contribution in [3.63, 3.8) is 0 Å². The van der Waals surface area contributed by atoms with Crippen LogP contribution in [0.15, 0.2) is 0 Å². The van der Waals surface area contributed by atoms with E-state index < -0.39 is 23.3 Å². The Bertz CT molecular complexity index is 436. The SMILES string of the molecule is CC(C)(N)COC1(N[C@H](C=O)CC(=O)O)C(C)(C)CCC1(C)C. The molecule has 0 amide bonds. The quantitative estimate of drug-likeness (QED) is 0.465. The summed E-state index contributed by atoms with van der Waals surface area (Å²) in [5.74, 6) is -1.02. The van der Waals surface area contributed by atoms with Crippen molar-refractivity contribution in [1.29, 1.82) is 0 Å². The average molecular weight is 328 g/mol. The van der Waals surface area contributed by atoms with Gasteiger partial charge < -0.3 is 20.4 Å². The van der Waals surface area contributed by atoms with E-state index in [1.807, 2.05) is 13.8 Å². The number of ether oxygens (including phenoxy) is 1. The third-order valence-electron chi connectivity index (χ3n) is 4.89. The van der Waals surface area contributed by atoms with E-state index in [9.17, 15) is 9.59 Å². The number of carboxylic acids is 1. The number of hydrogen-bond donors (Lipinski definition) is 3. The lowest BCUT2D eigenvalue weighted by Crippen LogP contribution is -2.66. The summed E-state index contributed by atoms with van der Waals surface area (Å²) in [6.45, 7) is 12.4. The highest BCUT2D eigenvalue weighted by Gasteiger charge is 2.61. The minimum Gasteiger partial charge on any atom is -0.481 e. The van der Waals surface area contributed by atoms with Gasteiger partial charge in [0.05, 0.1) is 19.1 Å². The van der Waals surface area contributed by atoms with E-state index in [4.69, 9.17) is 15.6 Å². The first-order valence-electron chi connectivity index (χ1n) is 8.14. The van der Waals surface area contributed by atoms with Crippen molar-refractivity contribution in [1.82, 2.24) is 5.32 Å². The molecule has 1 atom stereocenters. The van der Waals surface area contributed by atoms with Gasteiger partial charge in [-0.3, -0.25) is 10.1 Å². The van der Waals surface area contributed by atoms with Crippen LogP contribution in [0.4, 0.5) is 0 Å². The third-order valence-corrected chi connectivity index (χ3v) is 4.89. The summed E-state index contributed by atoms with van der Waals surface area (Å²) >= 11 is 0. The van der Waals surface area contributed by atoms with Gasteiger partial charge >= 0.3 is 5.97 Å². The van der Waals surface area contributed by atoms with E-state index >= 15 is 0 Å². The second kappa shape index (κ2) is 6.49. The Labute approximate surface area is 139 Å². The Hall–Kier alpha value is -0.980. The van der Waals surface area contributed by atoms with Crippen LogP contribution in [0.25, 0.3) is 0 Å². The van der Waals surface area contributed by atoms with Gasteiger partial charge in [0.25, 0.3) is 0 Å². The largest absolute Gasteiger partial charge is 0.481 e. The molecule has 0 aromatic carbocycles. The number of aliphatic carboxylic acids is 1. The molecule has 0 aliphatic heterocycles. The molecule has 134 valence electrons. The highest BCUT2D eigenvalue weighted by molar-refractivity contribution is 5.73. The molecular weight excluding hydrogens is 296 g/mol. The van der Waals surface area contributed by atoms with E-state index in [0.717, 1.165) is 12.8 Å². The molecule has 1 aliphatic rings. The van der Waals surface area contributed by atoms with Crippen molar-refractivity contribution >= 4 is 12.3 Å². The number of aldehydes is 1. The predicted octanol–water partition coefficient (Wildman–Crippen LogP) is 1.91. The Morgan fingerprint density at radius 3 is 2.13 bits per heavy atom. The van der Waals surface area contributed by atoms with Crippen LogP contribution in [0.1, 0.15) is 60.8 Å². The number of hydrogen-bond acceptors (Lipinski definition) is 5. The lowest BCUT2D eigenvalue weighted by molar-refractivity contribution is -0.195. The maximum Gasteiger partial charge on any atom is 0.305 e. The summed E-state index contributed by atoms with van der Waals surface area (Å²) in [5, 5.41) is 12.3. The standard InChI is InChI=1S/C17H32N2O4/c1-14(2)7-8-15(3,4)17(14,23-11-16(5,6)18)19-12(10-20)9-13(21)22/h10,12,19H,7-9,11,18H2,1-6H3,(H,21,22)/t12-/m0/s1. The maximum absolute atomic E-state index is 11.4. The molecule has 0 aromatic heterocycles. The van der Waals surface area contributed by atoms with Gasteiger partial charge in [-0.2, -0.15) is 0 Å². The van der Waals surface area contributed by atoms with Crippen LogP contribution in [0.3, 0.4) is 0 Å². The Morgan fingerprint density at radius 1 is 1.30 bits per heavy atom. The van der Waals surface area contributed by atoms with Crippen LogP contribution >= 0.6 is 0 Å². The monoisotopic (exact) mass is 328 g/mol. The molecule has 0 saturated heterocycles.